The second-order valence-electron chi connectivity index (χ2n) is 6.64. The number of ether oxygens (including phenoxy) is 1. The third kappa shape index (κ3) is 5.70. The van der Waals surface area contributed by atoms with Gasteiger partial charge in [-0.15, -0.1) is 0 Å². The van der Waals surface area contributed by atoms with Crippen molar-refractivity contribution >= 4 is 21.6 Å². The van der Waals surface area contributed by atoms with E-state index in [2.05, 4.69) is 4.72 Å². The van der Waals surface area contributed by atoms with Crippen LogP contribution in [-0.4, -0.2) is 46.2 Å². The summed E-state index contributed by atoms with van der Waals surface area (Å²) < 4.78 is 73.0. The first-order valence-electron chi connectivity index (χ1n) is 8.91. The lowest BCUT2D eigenvalue weighted by molar-refractivity contribution is -0.137. The number of benzene rings is 2. The fourth-order valence-corrected chi connectivity index (χ4v) is 4.55. The first-order valence-corrected chi connectivity index (χ1v) is 10.8. The third-order valence-electron chi connectivity index (χ3n) is 4.60. The van der Waals surface area contributed by atoms with Crippen molar-refractivity contribution in [1.29, 1.82) is 0 Å². The molecule has 0 radical (unpaired) electrons. The first-order chi connectivity index (χ1) is 13.7. The van der Waals surface area contributed by atoms with Crippen molar-refractivity contribution in [3.05, 3.63) is 64.7 Å². The SMILES string of the molecule is O=S(=O)(NC(CN1CCOCC1)c1ccccc1)c1ccc(Cl)c(C(F)(F)F)c1. The highest BCUT2D eigenvalue weighted by Crippen LogP contribution is 2.36. The molecule has 1 saturated heterocycles. The molecule has 0 amide bonds. The first kappa shape index (κ1) is 22.0. The van der Waals surface area contributed by atoms with Gasteiger partial charge >= 0.3 is 6.18 Å². The number of nitrogens with one attached hydrogen (secondary N) is 1. The van der Waals surface area contributed by atoms with Crippen LogP contribution in [0.1, 0.15) is 17.2 Å². The van der Waals surface area contributed by atoms with Crippen molar-refractivity contribution in [2.24, 2.45) is 0 Å². The summed E-state index contributed by atoms with van der Waals surface area (Å²) in [6.45, 7) is 2.74. The molecule has 10 heteroatoms. The van der Waals surface area contributed by atoms with E-state index in [4.69, 9.17) is 16.3 Å². The highest BCUT2D eigenvalue weighted by molar-refractivity contribution is 7.89. The van der Waals surface area contributed by atoms with Crippen molar-refractivity contribution in [3.8, 4) is 0 Å². The number of halogens is 4. The van der Waals surface area contributed by atoms with Crippen LogP contribution < -0.4 is 4.72 Å². The largest absolute Gasteiger partial charge is 0.417 e. The number of rotatable bonds is 6. The number of alkyl halides is 3. The highest BCUT2D eigenvalue weighted by Gasteiger charge is 2.35. The molecule has 0 bridgehead atoms. The summed E-state index contributed by atoms with van der Waals surface area (Å²) in [4.78, 5) is 1.56. The van der Waals surface area contributed by atoms with Gasteiger partial charge in [0.2, 0.25) is 10.0 Å². The Morgan fingerprint density at radius 3 is 2.38 bits per heavy atom. The summed E-state index contributed by atoms with van der Waals surface area (Å²) in [5.74, 6) is 0. The molecule has 2 aromatic carbocycles. The molecule has 5 nitrogen and oxygen atoms in total. The molecule has 1 heterocycles. The Balaban J connectivity index is 1.89. The zero-order chi connectivity index (χ0) is 21.1. The van der Waals surface area contributed by atoms with Crippen LogP contribution in [0.3, 0.4) is 0 Å². The van der Waals surface area contributed by atoms with Gasteiger partial charge in [-0.25, -0.2) is 13.1 Å². The zero-order valence-corrected chi connectivity index (χ0v) is 16.9. The molecule has 2 aromatic rings. The number of sulfonamides is 1. The summed E-state index contributed by atoms with van der Waals surface area (Å²) in [6, 6.07) is 10.8. The molecular formula is C19H20ClF3N2O3S. The van der Waals surface area contributed by atoms with Crippen molar-refractivity contribution in [1.82, 2.24) is 9.62 Å². The molecule has 1 aliphatic rings. The van der Waals surface area contributed by atoms with E-state index in [1.807, 2.05) is 4.90 Å². The topological polar surface area (TPSA) is 58.6 Å². The van der Waals surface area contributed by atoms with E-state index in [1.165, 1.54) is 0 Å². The molecular weight excluding hydrogens is 429 g/mol. The molecule has 1 N–H and O–H groups in total. The fourth-order valence-electron chi connectivity index (χ4n) is 3.08. The molecule has 0 aromatic heterocycles. The van der Waals surface area contributed by atoms with E-state index in [9.17, 15) is 21.6 Å². The van der Waals surface area contributed by atoms with Gasteiger partial charge in [-0.2, -0.15) is 13.2 Å². The predicted octanol–water partition coefficient (Wildman–Crippen LogP) is 3.71. The van der Waals surface area contributed by atoms with Gasteiger partial charge in [-0.05, 0) is 23.8 Å². The van der Waals surface area contributed by atoms with Crippen LogP contribution in [0, 0.1) is 0 Å². The quantitative estimate of drug-likeness (QED) is 0.732. The summed E-state index contributed by atoms with van der Waals surface area (Å²) in [7, 11) is -4.22. The Hall–Kier alpha value is -1.65. The Morgan fingerprint density at radius 2 is 1.76 bits per heavy atom. The molecule has 1 aliphatic heterocycles. The zero-order valence-electron chi connectivity index (χ0n) is 15.3. The molecule has 1 fully saturated rings. The Morgan fingerprint density at radius 1 is 1.10 bits per heavy atom. The van der Waals surface area contributed by atoms with Crippen LogP contribution in [0.5, 0.6) is 0 Å². The standard InChI is InChI=1S/C19H20ClF3N2O3S/c20-17-7-6-15(12-16(17)19(21,22)23)29(26,27)24-18(14-4-2-1-3-5-14)13-25-8-10-28-11-9-25/h1-7,12,18,24H,8-11,13H2. The average molecular weight is 449 g/mol. The molecule has 1 atom stereocenters. The van der Waals surface area contributed by atoms with Crippen LogP contribution in [-0.2, 0) is 20.9 Å². The maximum atomic E-state index is 13.1. The second-order valence-corrected chi connectivity index (χ2v) is 8.76. The van der Waals surface area contributed by atoms with Crippen molar-refractivity contribution in [2.75, 3.05) is 32.8 Å². The number of morpholine rings is 1. The van der Waals surface area contributed by atoms with Gasteiger partial charge in [-0.3, -0.25) is 4.90 Å². The number of hydrogen-bond donors (Lipinski definition) is 1. The van der Waals surface area contributed by atoms with E-state index < -0.39 is 37.7 Å². The second kappa shape index (κ2) is 9.01. The Bertz CT molecular complexity index is 933. The molecule has 29 heavy (non-hydrogen) atoms. The Kier molecular flexibility index (Phi) is 6.85. The van der Waals surface area contributed by atoms with E-state index >= 15 is 0 Å². The summed E-state index contributed by atoms with van der Waals surface area (Å²) in [5.41, 5.74) is -0.473. The van der Waals surface area contributed by atoms with Gasteiger partial charge in [0.15, 0.2) is 0 Å². The predicted molar refractivity (Wildman–Crippen MR) is 103 cm³/mol. The van der Waals surface area contributed by atoms with Gasteiger partial charge in [0.25, 0.3) is 0 Å². The van der Waals surface area contributed by atoms with Crippen LogP contribution in [0.4, 0.5) is 13.2 Å². The van der Waals surface area contributed by atoms with Gasteiger partial charge in [0.1, 0.15) is 0 Å². The molecule has 3 rings (SSSR count). The van der Waals surface area contributed by atoms with Crippen molar-refractivity contribution in [3.63, 3.8) is 0 Å². The maximum Gasteiger partial charge on any atom is 0.417 e. The lowest BCUT2D eigenvalue weighted by Crippen LogP contribution is -2.43. The van der Waals surface area contributed by atoms with Crippen LogP contribution in [0.15, 0.2) is 53.4 Å². The lowest BCUT2D eigenvalue weighted by Gasteiger charge is -2.31. The van der Waals surface area contributed by atoms with Gasteiger partial charge < -0.3 is 4.74 Å². The summed E-state index contributed by atoms with van der Waals surface area (Å²) in [5, 5.41) is -0.552. The van der Waals surface area contributed by atoms with E-state index in [1.54, 1.807) is 30.3 Å². The van der Waals surface area contributed by atoms with Crippen LogP contribution >= 0.6 is 11.6 Å². The summed E-state index contributed by atoms with van der Waals surface area (Å²) in [6.07, 6.45) is -4.75. The highest BCUT2D eigenvalue weighted by atomic mass is 35.5. The monoisotopic (exact) mass is 448 g/mol. The molecule has 158 valence electrons. The molecule has 1 unspecified atom stereocenters. The van der Waals surface area contributed by atoms with Crippen LogP contribution in [0.25, 0.3) is 0 Å². The number of hydrogen-bond acceptors (Lipinski definition) is 4. The summed E-state index contributed by atoms with van der Waals surface area (Å²) >= 11 is 5.61. The average Bonchev–Trinajstić information content (AvgIpc) is 2.68. The molecule has 0 saturated carbocycles. The van der Waals surface area contributed by atoms with Gasteiger partial charge in [0.05, 0.1) is 34.7 Å². The lowest BCUT2D eigenvalue weighted by atomic mass is 10.1. The maximum absolute atomic E-state index is 13.1. The molecule has 0 spiro atoms. The minimum Gasteiger partial charge on any atom is -0.379 e. The smallest absolute Gasteiger partial charge is 0.379 e. The van der Waals surface area contributed by atoms with Crippen molar-refractivity contribution < 1.29 is 26.3 Å². The molecule has 0 aliphatic carbocycles. The van der Waals surface area contributed by atoms with E-state index in [-0.39, 0.29) is 0 Å². The normalized spacial score (nSPS) is 17.2. The van der Waals surface area contributed by atoms with Gasteiger partial charge in [-0.1, -0.05) is 41.9 Å². The van der Waals surface area contributed by atoms with E-state index in [0.29, 0.717) is 44.5 Å². The van der Waals surface area contributed by atoms with E-state index in [0.717, 1.165) is 12.1 Å². The van der Waals surface area contributed by atoms with Gasteiger partial charge in [0, 0.05) is 19.6 Å². The van der Waals surface area contributed by atoms with Crippen LogP contribution in [0.2, 0.25) is 5.02 Å². The number of nitrogens with zero attached hydrogens (tertiary/aromatic N) is 1. The minimum absolute atomic E-state index is 0.367. The third-order valence-corrected chi connectivity index (χ3v) is 6.40. The minimum atomic E-state index is -4.75. The Labute approximate surface area is 172 Å². The fraction of sp³-hybridized carbons (Fsp3) is 0.368. The van der Waals surface area contributed by atoms with Crippen molar-refractivity contribution in [2.45, 2.75) is 17.1 Å².